The number of thiazole rings is 1. The molecular formula is C15H17N5S. The Balaban J connectivity index is 1.77. The summed E-state index contributed by atoms with van der Waals surface area (Å²) in [5, 5.41) is 13.5. The van der Waals surface area contributed by atoms with E-state index in [2.05, 4.69) is 44.9 Å². The van der Waals surface area contributed by atoms with Crippen LogP contribution in [0.1, 0.15) is 23.8 Å². The van der Waals surface area contributed by atoms with Crippen LogP contribution in [0, 0.1) is 0 Å². The van der Waals surface area contributed by atoms with Gasteiger partial charge in [0, 0.05) is 17.4 Å². The van der Waals surface area contributed by atoms with Crippen LogP contribution < -0.4 is 5.32 Å². The van der Waals surface area contributed by atoms with Gasteiger partial charge in [-0.25, -0.2) is 9.97 Å². The van der Waals surface area contributed by atoms with Crippen LogP contribution in [0.2, 0.25) is 0 Å². The lowest BCUT2D eigenvalue weighted by molar-refractivity contribution is 0.522. The van der Waals surface area contributed by atoms with Gasteiger partial charge < -0.3 is 5.32 Å². The summed E-state index contributed by atoms with van der Waals surface area (Å²) in [6.07, 6.45) is 2.34. The first kappa shape index (κ1) is 13.9. The first-order valence-electron chi connectivity index (χ1n) is 6.95. The molecule has 0 amide bonds. The third-order valence-electron chi connectivity index (χ3n) is 3.21. The first-order chi connectivity index (χ1) is 10.4. The summed E-state index contributed by atoms with van der Waals surface area (Å²) < 4.78 is 0. The number of H-pyrrole nitrogens is 1. The summed E-state index contributed by atoms with van der Waals surface area (Å²) in [6.45, 7) is 2.96. The van der Waals surface area contributed by atoms with Crippen molar-refractivity contribution in [3.8, 4) is 11.3 Å². The molecule has 108 valence electrons. The predicted octanol–water partition coefficient (Wildman–Crippen LogP) is 2.82. The number of benzene rings is 1. The van der Waals surface area contributed by atoms with E-state index in [1.54, 1.807) is 11.3 Å². The van der Waals surface area contributed by atoms with Gasteiger partial charge in [-0.05, 0) is 6.54 Å². The molecule has 6 heteroatoms. The third-order valence-corrected chi connectivity index (χ3v) is 4.09. The Labute approximate surface area is 127 Å². The molecule has 1 aromatic carbocycles. The van der Waals surface area contributed by atoms with E-state index in [1.165, 1.54) is 6.33 Å². The van der Waals surface area contributed by atoms with E-state index in [1.807, 2.05) is 18.2 Å². The maximum Gasteiger partial charge on any atom is 0.141 e. The maximum absolute atomic E-state index is 4.73. The van der Waals surface area contributed by atoms with Crippen molar-refractivity contribution in [3.63, 3.8) is 0 Å². The monoisotopic (exact) mass is 299 g/mol. The number of likely N-dealkylation sites (N-methyl/N-ethyl adjacent to an activating group) is 1. The van der Waals surface area contributed by atoms with Crippen molar-refractivity contribution in [3.05, 3.63) is 52.9 Å². The minimum Gasteiger partial charge on any atom is -0.307 e. The van der Waals surface area contributed by atoms with Crippen LogP contribution in [0.15, 0.2) is 42.0 Å². The van der Waals surface area contributed by atoms with Crippen molar-refractivity contribution in [1.82, 2.24) is 25.5 Å². The molecule has 0 radical (unpaired) electrons. The largest absolute Gasteiger partial charge is 0.307 e. The zero-order valence-electron chi connectivity index (χ0n) is 11.8. The molecule has 0 aliphatic heterocycles. The average Bonchev–Trinajstić information content (AvgIpc) is 3.19. The van der Waals surface area contributed by atoms with Crippen LogP contribution in [-0.2, 0) is 6.42 Å². The van der Waals surface area contributed by atoms with Crippen molar-refractivity contribution in [2.24, 2.45) is 0 Å². The highest BCUT2D eigenvalue weighted by Gasteiger charge is 2.16. The van der Waals surface area contributed by atoms with Crippen LogP contribution in [-0.4, -0.2) is 26.7 Å². The lowest BCUT2D eigenvalue weighted by atomic mass is 10.2. The molecule has 0 spiro atoms. The Bertz CT molecular complexity index is 662. The van der Waals surface area contributed by atoms with E-state index < -0.39 is 0 Å². The first-order valence-corrected chi connectivity index (χ1v) is 7.83. The second kappa shape index (κ2) is 6.60. The van der Waals surface area contributed by atoms with Crippen molar-refractivity contribution < 1.29 is 0 Å². The van der Waals surface area contributed by atoms with E-state index in [-0.39, 0.29) is 6.04 Å². The number of aromatic nitrogens is 4. The normalized spacial score (nSPS) is 12.4. The average molecular weight is 299 g/mol. The predicted molar refractivity (Wildman–Crippen MR) is 84.1 cm³/mol. The van der Waals surface area contributed by atoms with Crippen molar-refractivity contribution in [1.29, 1.82) is 0 Å². The highest BCUT2D eigenvalue weighted by Crippen LogP contribution is 2.24. The number of nitrogens with one attached hydrogen (secondary N) is 2. The molecule has 21 heavy (non-hydrogen) atoms. The molecule has 2 aromatic heterocycles. The third kappa shape index (κ3) is 3.34. The highest BCUT2D eigenvalue weighted by molar-refractivity contribution is 7.09. The second-order valence-electron chi connectivity index (χ2n) is 4.68. The minimum absolute atomic E-state index is 0.118. The highest BCUT2D eigenvalue weighted by atomic mass is 32.1. The molecule has 1 atom stereocenters. The molecule has 0 aliphatic rings. The van der Waals surface area contributed by atoms with Crippen molar-refractivity contribution in [2.45, 2.75) is 19.4 Å². The van der Waals surface area contributed by atoms with Gasteiger partial charge in [0.25, 0.3) is 0 Å². The SMILES string of the molecule is CCNC(Cc1nc(-c2ccccc2)cs1)c1ncn[nH]1. The van der Waals surface area contributed by atoms with Crippen LogP contribution in [0.25, 0.3) is 11.3 Å². The molecule has 0 aliphatic carbocycles. The fourth-order valence-corrected chi connectivity index (χ4v) is 3.07. The summed E-state index contributed by atoms with van der Waals surface area (Å²) in [5.41, 5.74) is 2.18. The van der Waals surface area contributed by atoms with Gasteiger partial charge in [0.2, 0.25) is 0 Å². The molecule has 5 nitrogen and oxygen atoms in total. The Morgan fingerprint density at radius 3 is 2.86 bits per heavy atom. The smallest absolute Gasteiger partial charge is 0.141 e. The van der Waals surface area contributed by atoms with E-state index >= 15 is 0 Å². The molecular weight excluding hydrogens is 282 g/mol. The van der Waals surface area contributed by atoms with Crippen LogP contribution >= 0.6 is 11.3 Å². The van der Waals surface area contributed by atoms with Gasteiger partial charge in [0.05, 0.1) is 16.7 Å². The maximum atomic E-state index is 4.73. The van der Waals surface area contributed by atoms with Crippen LogP contribution in [0.5, 0.6) is 0 Å². The Morgan fingerprint density at radius 2 is 2.14 bits per heavy atom. The van der Waals surface area contributed by atoms with Gasteiger partial charge in [0.1, 0.15) is 12.2 Å². The van der Waals surface area contributed by atoms with Gasteiger partial charge in [-0.2, -0.15) is 5.10 Å². The topological polar surface area (TPSA) is 66.5 Å². The van der Waals surface area contributed by atoms with E-state index in [0.29, 0.717) is 0 Å². The van der Waals surface area contributed by atoms with Crippen LogP contribution in [0.3, 0.4) is 0 Å². The molecule has 2 heterocycles. The lowest BCUT2D eigenvalue weighted by Gasteiger charge is -2.13. The molecule has 0 fully saturated rings. The van der Waals surface area contributed by atoms with Crippen LogP contribution in [0.4, 0.5) is 0 Å². The number of nitrogens with zero attached hydrogens (tertiary/aromatic N) is 3. The standard InChI is InChI=1S/C15H17N5S/c1-2-16-12(15-17-10-18-20-15)8-14-19-13(9-21-14)11-6-4-3-5-7-11/h3-7,9-10,12,16H,2,8H2,1H3,(H,17,18,20). The summed E-state index contributed by atoms with van der Waals surface area (Å²) in [7, 11) is 0. The Kier molecular flexibility index (Phi) is 4.37. The molecule has 0 bridgehead atoms. The van der Waals surface area contributed by atoms with E-state index in [4.69, 9.17) is 4.98 Å². The Hall–Kier alpha value is -2.05. The van der Waals surface area contributed by atoms with Gasteiger partial charge >= 0.3 is 0 Å². The minimum atomic E-state index is 0.118. The van der Waals surface area contributed by atoms with Gasteiger partial charge in [0.15, 0.2) is 0 Å². The molecule has 3 rings (SSSR count). The fraction of sp³-hybridized carbons (Fsp3) is 0.267. The molecule has 3 aromatic rings. The zero-order valence-corrected chi connectivity index (χ0v) is 12.6. The van der Waals surface area contributed by atoms with Crippen molar-refractivity contribution >= 4 is 11.3 Å². The molecule has 2 N–H and O–H groups in total. The summed E-state index contributed by atoms with van der Waals surface area (Å²) in [5.74, 6) is 0.855. The summed E-state index contributed by atoms with van der Waals surface area (Å²) in [4.78, 5) is 8.97. The summed E-state index contributed by atoms with van der Waals surface area (Å²) >= 11 is 1.68. The number of rotatable bonds is 6. The molecule has 0 saturated carbocycles. The Morgan fingerprint density at radius 1 is 1.29 bits per heavy atom. The molecule has 0 saturated heterocycles. The number of hydrogen-bond donors (Lipinski definition) is 2. The lowest BCUT2D eigenvalue weighted by Crippen LogP contribution is -2.24. The van der Waals surface area contributed by atoms with Gasteiger partial charge in [-0.15, -0.1) is 11.3 Å². The van der Waals surface area contributed by atoms with E-state index in [9.17, 15) is 0 Å². The second-order valence-corrected chi connectivity index (χ2v) is 5.62. The zero-order chi connectivity index (χ0) is 14.5. The van der Waals surface area contributed by atoms with Crippen molar-refractivity contribution in [2.75, 3.05) is 6.54 Å². The number of hydrogen-bond acceptors (Lipinski definition) is 5. The summed E-state index contributed by atoms with van der Waals surface area (Å²) in [6, 6.07) is 10.4. The quantitative estimate of drug-likeness (QED) is 0.734. The fourth-order valence-electron chi connectivity index (χ4n) is 2.22. The van der Waals surface area contributed by atoms with Gasteiger partial charge in [-0.3, -0.25) is 5.10 Å². The van der Waals surface area contributed by atoms with E-state index in [0.717, 1.165) is 35.1 Å². The van der Waals surface area contributed by atoms with Gasteiger partial charge in [-0.1, -0.05) is 37.3 Å². The number of aromatic amines is 1. The molecule has 1 unspecified atom stereocenters.